The van der Waals surface area contributed by atoms with Gasteiger partial charge in [0, 0.05) is 17.8 Å². The molecule has 1 aromatic heterocycles. The Bertz CT molecular complexity index is 392. The molecule has 0 aromatic carbocycles. The van der Waals surface area contributed by atoms with Gasteiger partial charge in [-0.1, -0.05) is 13.8 Å². The Morgan fingerprint density at radius 2 is 2.12 bits per heavy atom. The minimum absolute atomic E-state index is 0.455. The van der Waals surface area contributed by atoms with Crippen LogP contribution in [0.2, 0.25) is 0 Å². The van der Waals surface area contributed by atoms with Crippen LogP contribution < -0.4 is 16.6 Å². The molecule has 5 heteroatoms. The summed E-state index contributed by atoms with van der Waals surface area (Å²) in [5.74, 6) is 8.13. The smallest absolute Gasteiger partial charge is 0.239 e. The second-order valence-corrected chi connectivity index (χ2v) is 5.03. The van der Waals surface area contributed by atoms with E-state index in [1.807, 2.05) is 6.92 Å². The molecule has 2 rings (SSSR count). The molecule has 1 aliphatic rings. The Kier molecular flexibility index (Phi) is 3.47. The Labute approximate surface area is 102 Å². The van der Waals surface area contributed by atoms with Gasteiger partial charge >= 0.3 is 0 Å². The largest absolute Gasteiger partial charge is 0.367 e. The van der Waals surface area contributed by atoms with E-state index < -0.39 is 0 Å². The van der Waals surface area contributed by atoms with Crippen LogP contribution in [0.3, 0.4) is 0 Å². The highest BCUT2D eigenvalue weighted by Gasteiger charge is 2.30. The number of nitrogens with two attached hydrogens (primary N) is 1. The second-order valence-electron chi connectivity index (χ2n) is 5.03. The molecule has 0 aliphatic heterocycles. The summed E-state index contributed by atoms with van der Waals surface area (Å²) in [6, 6.07) is 0.504. The van der Waals surface area contributed by atoms with Crippen molar-refractivity contribution >= 4 is 11.8 Å². The van der Waals surface area contributed by atoms with Crippen LogP contribution in [0.1, 0.15) is 32.3 Å². The highest BCUT2D eigenvalue weighted by atomic mass is 15.3. The van der Waals surface area contributed by atoms with Crippen molar-refractivity contribution in [2.24, 2.45) is 17.7 Å². The predicted octanol–water partition coefficient (Wildman–Crippen LogP) is 1.92. The van der Waals surface area contributed by atoms with E-state index in [1.54, 1.807) is 6.20 Å². The first-order valence-electron chi connectivity index (χ1n) is 6.18. The van der Waals surface area contributed by atoms with E-state index in [1.165, 1.54) is 12.8 Å². The van der Waals surface area contributed by atoms with Gasteiger partial charge in [-0.3, -0.25) is 5.43 Å². The quantitative estimate of drug-likeness (QED) is 0.551. The van der Waals surface area contributed by atoms with Crippen molar-refractivity contribution in [1.29, 1.82) is 0 Å². The molecule has 0 radical (unpaired) electrons. The maximum Gasteiger partial charge on any atom is 0.239 e. The van der Waals surface area contributed by atoms with Crippen LogP contribution in [0.25, 0.3) is 0 Å². The maximum atomic E-state index is 5.32. The molecule has 1 saturated carbocycles. The summed E-state index contributed by atoms with van der Waals surface area (Å²) in [5, 5.41) is 3.52. The SMILES string of the molecule is Cc1cnc(NN)nc1NC1CCC(C)C1C. The van der Waals surface area contributed by atoms with Gasteiger partial charge in [-0.05, 0) is 31.6 Å². The van der Waals surface area contributed by atoms with Crippen molar-refractivity contribution in [2.45, 2.75) is 39.7 Å². The zero-order valence-electron chi connectivity index (χ0n) is 10.7. The lowest BCUT2D eigenvalue weighted by atomic mass is 9.98. The van der Waals surface area contributed by atoms with Gasteiger partial charge in [0.15, 0.2) is 0 Å². The van der Waals surface area contributed by atoms with E-state index in [0.29, 0.717) is 17.9 Å². The average Bonchev–Trinajstić information content (AvgIpc) is 2.64. The van der Waals surface area contributed by atoms with Crippen LogP contribution >= 0.6 is 0 Å². The van der Waals surface area contributed by atoms with E-state index >= 15 is 0 Å². The predicted molar refractivity (Wildman–Crippen MR) is 69.6 cm³/mol. The molecule has 5 nitrogen and oxygen atoms in total. The van der Waals surface area contributed by atoms with Crippen LogP contribution in [0.5, 0.6) is 0 Å². The van der Waals surface area contributed by atoms with E-state index in [4.69, 9.17) is 5.84 Å². The minimum atomic E-state index is 0.455. The molecule has 0 saturated heterocycles. The molecule has 17 heavy (non-hydrogen) atoms. The van der Waals surface area contributed by atoms with Crippen molar-refractivity contribution in [3.05, 3.63) is 11.8 Å². The lowest BCUT2D eigenvalue weighted by Crippen LogP contribution is -2.25. The molecule has 1 aromatic rings. The molecule has 1 aliphatic carbocycles. The van der Waals surface area contributed by atoms with E-state index in [0.717, 1.165) is 17.3 Å². The fraction of sp³-hybridized carbons (Fsp3) is 0.667. The molecule has 3 atom stereocenters. The van der Waals surface area contributed by atoms with Crippen LogP contribution in [0.4, 0.5) is 11.8 Å². The third kappa shape index (κ3) is 2.49. The highest BCUT2D eigenvalue weighted by Crippen LogP contribution is 2.33. The number of aryl methyl sites for hydroxylation is 1. The van der Waals surface area contributed by atoms with Gasteiger partial charge < -0.3 is 5.32 Å². The number of hydrazine groups is 1. The molecule has 3 unspecified atom stereocenters. The standard InChI is InChI=1S/C12H21N5/c1-7-4-5-10(9(7)3)15-11-8(2)6-14-12(16-11)17-13/h6-7,9-10H,4-5,13H2,1-3H3,(H2,14,15,16,17). The first-order valence-corrected chi connectivity index (χ1v) is 6.18. The van der Waals surface area contributed by atoms with E-state index in [-0.39, 0.29) is 0 Å². The number of nitrogen functional groups attached to an aromatic ring is 1. The third-order valence-electron chi connectivity index (χ3n) is 3.89. The molecule has 0 amide bonds. The van der Waals surface area contributed by atoms with Gasteiger partial charge in [0.2, 0.25) is 5.95 Å². The van der Waals surface area contributed by atoms with Crippen molar-refractivity contribution in [1.82, 2.24) is 9.97 Å². The van der Waals surface area contributed by atoms with Gasteiger partial charge in [0.1, 0.15) is 5.82 Å². The molecule has 0 spiro atoms. The zero-order valence-corrected chi connectivity index (χ0v) is 10.7. The number of anilines is 2. The Morgan fingerprint density at radius 3 is 2.71 bits per heavy atom. The van der Waals surface area contributed by atoms with Crippen molar-refractivity contribution in [3.63, 3.8) is 0 Å². The molecule has 0 bridgehead atoms. The summed E-state index contributed by atoms with van der Waals surface area (Å²) in [4.78, 5) is 8.43. The first-order chi connectivity index (χ1) is 8.11. The first kappa shape index (κ1) is 12.1. The number of nitrogens with one attached hydrogen (secondary N) is 2. The fourth-order valence-electron chi connectivity index (χ4n) is 2.40. The maximum absolute atomic E-state index is 5.32. The lowest BCUT2D eigenvalue weighted by molar-refractivity contribution is 0.435. The highest BCUT2D eigenvalue weighted by molar-refractivity contribution is 5.47. The van der Waals surface area contributed by atoms with Gasteiger partial charge in [-0.15, -0.1) is 0 Å². The van der Waals surface area contributed by atoms with E-state index in [2.05, 4.69) is 34.6 Å². The van der Waals surface area contributed by atoms with Crippen molar-refractivity contribution in [3.8, 4) is 0 Å². The minimum Gasteiger partial charge on any atom is -0.367 e. The zero-order chi connectivity index (χ0) is 12.4. The summed E-state index contributed by atoms with van der Waals surface area (Å²) in [6.45, 7) is 6.62. The van der Waals surface area contributed by atoms with Crippen LogP contribution in [-0.2, 0) is 0 Å². The average molecular weight is 235 g/mol. The van der Waals surface area contributed by atoms with Crippen molar-refractivity contribution in [2.75, 3.05) is 10.7 Å². The lowest BCUT2D eigenvalue weighted by Gasteiger charge is -2.21. The summed E-state index contributed by atoms with van der Waals surface area (Å²) in [7, 11) is 0. The van der Waals surface area contributed by atoms with E-state index in [9.17, 15) is 0 Å². The fourth-order valence-corrected chi connectivity index (χ4v) is 2.40. The molecule has 4 N–H and O–H groups in total. The topological polar surface area (TPSA) is 75.9 Å². The van der Waals surface area contributed by atoms with Crippen LogP contribution in [0, 0.1) is 18.8 Å². The van der Waals surface area contributed by atoms with Gasteiger partial charge in [0.05, 0.1) is 0 Å². The Hall–Kier alpha value is -1.36. The summed E-state index contributed by atoms with van der Waals surface area (Å²) >= 11 is 0. The molecular formula is C12H21N5. The number of rotatable bonds is 3. The van der Waals surface area contributed by atoms with Crippen LogP contribution in [-0.4, -0.2) is 16.0 Å². The van der Waals surface area contributed by atoms with Crippen LogP contribution in [0.15, 0.2) is 6.20 Å². The molecular weight excluding hydrogens is 214 g/mol. The Balaban J connectivity index is 2.13. The number of hydrogen-bond donors (Lipinski definition) is 3. The van der Waals surface area contributed by atoms with Crippen molar-refractivity contribution < 1.29 is 0 Å². The monoisotopic (exact) mass is 235 g/mol. The second kappa shape index (κ2) is 4.87. The third-order valence-corrected chi connectivity index (χ3v) is 3.89. The molecule has 94 valence electrons. The number of hydrogen-bond acceptors (Lipinski definition) is 5. The molecule has 1 fully saturated rings. The van der Waals surface area contributed by atoms with Gasteiger partial charge in [0.25, 0.3) is 0 Å². The number of nitrogens with zero attached hydrogens (tertiary/aromatic N) is 2. The van der Waals surface area contributed by atoms with Gasteiger partial charge in [-0.25, -0.2) is 10.8 Å². The molecule has 1 heterocycles. The summed E-state index contributed by atoms with van der Waals surface area (Å²) in [5.41, 5.74) is 3.53. The number of aromatic nitrogens is 2. The van der Waals surface area contributed by atoms with Gasteiger partial charge in [-0.2, -0.15) is 4.98 Å². The summed E-state index contributed by atoms with van der Waals surface area (Å²) in [6.07, 6.45) is 4.27. The normalized spacial score (nSPS) is 28.1. The summed E-state index contributed by atoms with van der Waals surface area (Å²) < 4.78 is 0. The Morgan fingerprint density at radius 1 is 1.35 bits per heavy atom.